The van der Waals surface area contributed by atoms with Gasteiger partial charge >= 0.3 is 0 Å². The van der Waals surface area contributed by atoms with Crippen molar-refractivity contribution in [1.29, 1.82) is 0 Å². The smallest absolute Gasteiger partial charge is 0.231 e. The Morgan fingerprint density at radius 3 is 1.98 bits per heavy atom. The van der Waals surface area contributed by atoms with Crippen LogP contribution >= 0.6 is 34.3 Å². The quantitative estimate of drug-likeness (QED) is 0.181. The number of aryl methyl sites for hydroxylation is 4. The van der Waals surface area contributed by atoms with Crippen molar-refractivity contribution in [2.45, 2.75) is 34.2 Å². The molecule has 0 saturated heterocycles. The van der Waals surface area contributed by atoms with Crippen molar-refractivity contribution < 1.29 is 9.47 Å². The summed E-state index contributed by atoms with van der Waals surface area (Å²) in [4.78, 5) is 31.5. The molecular weight excluding hydrogens is 638 g/mol. The Bertz CT molecular complexity index is 2210. The number of pyridine rings is 2. The number of aromatic nitrogens is 6. The lowest BCUT2D eigenvalue weighted by molar-refractivity contribution is 0.174. The van der Waals surface area contributed by atoms with Crippen molar-refractivity contribution in [1.82, 2.24) is 29.9 Å². The first-order valence-corrected chi connectivity index (χ1v) is 16.5. The fraction of sp³-hybridized carbons (Fsp3) is 0.176. The Kier molecular flexibility index (Phi) is 8.20. The molecule has 1 aliphatic rings. The van der Waals surface area contributed by atoms with Gasteiger partial charge in [-0.05, 0) is 80.8 Å². The SMILES string of the molecule is Cc1sc2nc(-c3ccccn3)nc(Cl)c2c1C.Cc1sc2nc(-c3ccccn3)nc(NCc3ccc4c(c3)OCO4)c2c1C. The molecule has 12 heteroatoms. The molecule has 0 aliphatic carbocycles. The summed E-state index contributed by atoms with van der Waals surface area (Å²) in [6, 6.07) is 17.4. The highest BCUT2D eigenvalue weighted by Crippen LogP contribution is 2.37. The van der Waals surface area contributed by atoms with Crippen molar-refractivity contribution >= 4 is 60.5 Å². The zero-order valence-corrected chi connectivity index (χ0v) is 27.8. The van der Waals surface area contributed by atoms with Crippen molar-refractivity contribution in [2.24, 2.45) is 0 Å². The van der Waals surface area contributed by atoms with Crippen LogP contribution < -0.4 is 14.8 Å². The molecule has 0 amide bonds. The van der Waals surface area contributed by atoms with Crippen LogP contribution in [0.15, 0.2) is 67.0 Å². The Hall–Kier alpha value is -4.71. The van der Waals surface area contributed by atoms with Crippen LogP contribution in [0.1, 0.15) is 26.4 Å². The van der Waals surface area contributed by atoms with Crippen LogP contribution in [0.4, 0.5) is 5.82 Å². The van der Waals surface area contributed by atoms with Gasteiger partial charge in [-0.2, -0.15) is 0 Å². The molecule has 0 fully saturated rings. The molecule has 230 valence electrons. The molecule has 9 nitrogen and oxygen atoms in total. The molecule has 1 aliphatic heterocycles. The van der Waals surface area contributed by atoms with Crippen molar-refractivity contribution in [3.05, 3.63) is 98.6 Å². The van der Waals surface area contributed by atoms with Crippen LogP contribution in [-0.2, 0) is 6.54 Å². The normalized spacial score (nSPS) is 11.9. The van der Waals surface area contributed by atoms with Crippen molar-refractivity contribution in [3.63, 3.8) is 0 Å². The van der Waals surface area contributed by atoms with Gasteiger partial charge in [0.05, 0.1) is 10.8 Å². The van der Waals surface area contributed by atoms with E-state index in [9.17, 15) is 0 Å². The van der Waals surface area contributed by atoms with Gasteiger partial charge in [0.15, 0.2) is 23.1 Å². The van der Waals surface area contributed by atoms with Gasteiger partial charge in [0.25, 0.3) is 0 Å². The number of nitrogens with one attached hydrogen (secondary N) is 1. The Labute approximate surface area is 278 Å². The summed E-state index contributed by atoms with van der Waals surface area (Å²) in [5.74, 6) is 3.60. The number of benzene rings is 1. The second-order valence-electron chi connectivity index (χ2n) is 10.6. The van der Waals surface area contributed by atoms with Gasteiger partial charge in [0, 0.05) is 28.7 Å². The van der Waals surface area contributed by atoms with E-state index in [0.29, 0.717) is 23.3 Å². The largest absolute Gasteiger partial charge is 0.454 e. The highest BCUT2D eigenvalue weighted by Gasteiger charge is 2.18. The molecular formula is C34H28ClN7O2S2. The number of anilines is 1. The second-order valence-corrected chi connectivity index (χ2v) is 13.4. The molecule has 0 spiro atoms. The average molecular weight is 666 g/mol. The highest BCUT2D eigenvalue weighted by atomic mass is 35.5. The standard InChI is InChI=1S/C21H18N4O2S.C13H10ClN3S/c1-12-13(2)28-21-18(12)20(24-19(25-21)15-5-3-4-8-22-15)23-10-14-6-7-16-17(9-14)27-11-26-16;1-7-8(2)18-13-10(7)11(14)16-12(17-13)9-5-3-4-6-15-9/h3-9H,10-11H2,1-2H3,(H,23,24,25);3-6H,1-2H3. The van der Waals surface area contributed by atoms with Gasteiger partial charge in [-0.1, -0.05) is 29.8 Å². The van der Waals surface area contributed by atoms with Gasteiger partial charge in [-0.15, -0.1) is 22.7 Å². The summed E-state index contributed by atoms with van der Waals surface area (Å²) in [6.07, 6.45) is 3.48. The van der Waals surface area contributed by atoms with E-state index in [-0.39, 0.29) is 6.79 Å². The monoisotopic (exact) mass is 665 g/mol. The Balaban J connectivity index is 0.000000162. The number of hydrogen-bond acceptors (Lipinski definition) is 11. The van der Waals surface area contributed by atoms with Crippen LogP contribution in [0.2, 0.25) is 5.15 Å². The molecule has 0 saturated carbocycles. The third-order valence-corrected chi connectivity index (χ3v) is 10.2. The zero-order valence-electron chi connectivity index (χ0n) is 25.5. The van der Waals surface area contributed by atoms with Gasteiger partial charge in [0.1, 0.15) is 32.0 Å². The van der Waals surface area contributed by atoms with E-state index in [4.69, 9.17) is 31.0 Å². The summed E-state index contributed by atoms with van der Waals surface area (Å²) in [6.45, 7) is 9.24. The van der Waals surface area contributed by atoms with Crippen LogP contribution in [-0.4, -0.2) is 36.7 Å². The fourth-order valence-corrected chi connectivity index (χ4v) is 7.46. The maximum absolute atomic E-state index is 6.26. The number of nitrogens with zero attached hydrogens (tertiary/aromatic N) is 6. The third kappa shape index (κ3) is 5.84. The highest BCUT2D eigenvalue weighted by molar-refractivity contribution is 7.19. The van der Waals surface area contributed by atoms with E-state index >= 15 is 0 Å². The summed E-state index contributed by atoms with van der Waals surface area (Å²) in [5.41, 5.74) is 4.97. The lowest BCUT2D eigenvalue weighted by Crippen LogP contribution is -2.04. The number of thiophene rings is 2. The predicted molar refractivity (Wildman–Crippen MR) is 185 cm³/mol. The van der Waals surface area contributed by atoms with Crippen molar-refractivity contribution in [3.8, 4) is 34.5 Å². The average Bonchev–Trinajstić information content (AvgIpc) is 3.75. The van der Waals surface area contributed by atoms with Crippen LogP contribution in [0, 0.1) is 27.7 Å². The molecule has 6 aromatic heterocycles. The first-order chi connectivity index (χ1) is 22.4. The van der Waals surface area contributed by atoms with Crippen LogP contribution in [0.3, 0.4) is 0 Å². The van der Waals surface area contributed by atoms with Crippen molar-refractivity contribution in [2.75, 3.05) is 12.1 Å². The topological polar surface area (TPSA) is 108 Å². The molecule has 7 heterocycles. The molecule has 0 radical (unpaired) electrons. The van der Waals surface area contributed by atoms with Gasteiger partial charge in [0.2, 0.25) is 6.79 Å². The molecule has 0 atom stereocenters. The number of ether oxygens (including phenoxy) is 2. The summed E-state index contributed by atoms with van der Waals surface area (Å²) >= 11 is 9.58. The summed E-state index contributed by atoms with van der Waals surface area (Å²) in [7, 11) is 0. The maximum Gasteiger partial charge on any atom is 0.231 e. The minimum Gasteiger partial charge on any atom is -0.454 e. The van der Waals surface area contributed by atoms with E-state index in [1.165, 1.54) is 15.3 Å². The molecule has 46 heavy (non-hydrogen) atoms. The molecule has 7 aromatic rings. The lowest BCUT2D eigenvalue weighted by Gasteiger charge is -2.10. The summed E-state index contributed by atoms with van der Waals surface area (Å²) in [5, 5.41) is 6.02. The molecule has 8 rings (SSSR count). The number of rotatable bonds is 5. The van der Waals surface area contributed by atoms with Gasteiger partial charge < -0.3 is 14.8 Å². The number of hydrogen-bond donors (Lipinski definition) is 1. The van der Waals surface area contributed by atoms with Gasteiger partial charge in [-0.25, -0.2) is 19.9 Å². The second kappa shape index (κ2) is 12.6. The maximum atomic E-state index is 6.26. The number of fused-ring (bicyclic) bond motifs is 3. The van der Waals surface area contributed by atoms with E-state index < -0.39 is 0 Å². The molecule has 0 unspecified atom stereocenters. The van der Waals surface area contributed by atoms with Gasteiger partial charge in [-0.3, -0.25) is 9.97 Å². The fourth-order valence-electron chi connectivity index (χ4n) is 5.03. The van der Waals surface area contributed by atoms with Crippen LogP contribution in [0.5, 0.6) is 11.5 Å². The molecule has 1 N–H and O–H groups in total. The summed E-state index contributed by atoms with van der Waals surface area (Å²) < 4.78 is 10.9. The minimum absolute atomic E-state index is 0.277. The predicted octanol–water partition coefficient (Wildman–Crippen LogP) is 8.73. The van der Waals surface area contributed by atoms with E-state index in [1.807, 2.05) is 61.5 Å². The molecule has 0 bridgehead atoms. The van der Waals surface area contributed by atoms with Crippen LogP contribution in [0.25, 0.3) is 43.5 Å². The van der Waals surface area contributed by atoms with E-state index in [0.717, 1.165) is 60.3 Å². The Morgan fingerprint density at radius 1 is 0.717 bits per heavy atom. The molecule has 1 aromatic carbocycles. The van der Waals surface area contributed by atoms with E-state index in [1.54, 1.807) is 35.1 Å². The zero-order chi connectivity index (χ0) is 31.8. The van der Waals surface area contributed by atoms with E-state index in [2.05, 4.69) is 46.0 Å². The first kappa shape index (κ1) is 30.0. The Morgan fingerprint density at radius 2 is 1.33 bits per heavy atom. The first-order valence-electron chi connectivity index (χ1n) is 14.5. The lowest BCUT2D eigenvalue weighted by atomic mass is 10.2. The number of halogens is 1. The minimum atomic E-state index is 0.277. The third-order valence-electron chi connectivity index (χ3n) is 7.70.